The van der Waals surface area contributed by atoms with Crippen LogP contribution < -0.4 is 10.6 Å². The maximum Gasteiger partial charge on any atom is 0.274 e. The molecular weight excluding hydrogens is 368 g/mol. The number of carbonyl (C=O) groups is 1. The summed E-state index contributed by atoms with van der Waals surface area (Å²) in [4.78, 5) is 21.8. The summed E-state index contributed by atoms with van der Waals surface area (Å²) in [6, 6.07) is 6.43. The Morgan fingerprint density at radius 3 is 2.64 bits per heavy atom. The van der Waals surface area contributed by atoms with Crippen molar-refractivity contribution in [3.05, 3.63) is 35.0 Å². The molecule has 4 bridgehead atoms. The summed E-state index contributed by atoms with van der Waals surface area (Å²) >= 11 is 1.61. The number of rotatable bonds is 2. The topological polar surface area (TPSA) is 66.4 Å². The molecule has 1 saturated heterocycles. The van der Waals surface area contributed by atoms with Crippen molar-refractivity contribution < 1.29 is 4.79 Å². The largest absolute Gasteiger partial charge is 0.321 e. The second kappa shape index (κ2) is 6.41. The zero-order valence-electron chi connectivity index (χ0n) is 15.7. The van der Waals surface area contributed by atoms with Gasteiger partial charge in [0.25, 0.3) is 5.91 Å². The molecule has 7 rings (SSSR count). The van der Waals surface area contributed by atoms with Gasteiger partial charge < -0.3 is 5.32 Å². The summed E-state index contributed by atoms with van der Waals surface area (Å²) in [5.74, 6) is 3.93. The highest BCUT2D eigenvalue weighted by atomic mass is 32.1. The Hall–Kier alpha value is -2.21. The molecule has 4 saturated carbocycles. The van der Waals surface area contributed by atoms with E-state index in [2.05, 4.69) is 21.7 Å². The monoisotopic (exact) mass is 392 g/mol. The third kappa shape index (κ3) is 2.94. The van der Waals surface area contributed by atoms with E-state index in [0.29, 0.717) is 23.6 Å². The van der Waals surface area contributed by atoms with E-state index in [1.807, 2.05) is 23.7 Å². The molecule has 2 N–H and O–H groups in total. The molecule has 28 heavy (non-hydrogen) atoms. The summed E-state index contributed by atoms with van der Waals surface area (Å²) in [6.07, 6.45) is 10.0. The number of fused-ring (bicyclic) bond motifs is 2. The van der Waals surface area contributed by atoms with Crippen LogP contribution in [0.4, 0.5) is 0 Å². The van der Waals surface area contributed by atoms with Gasteiger partial charge in [0, 0.05) is 0 Å². The van der Waals surface area contributed by atoms with Gasteiger partial charge in [0.2, 0.25) is 5.96 Å². The molecule has 3 unspecified atom stereocenters. The number of hydrogen-bond donors (Lipinski definition) is 2. The first-order valence-corrected chi connectivity index (χ1v) is 11.3. The van der Waals surface area contributed by atoms with Gasteiger partial charge in [0.05, 0.1) is 21.8 Å². The van der Waals surface area contributed by atoms with Gasteiger partial charge in [-0.3, -0.25) is 10.1 Å². The smallest absolute Gasteiger partial charge is 0.274 e. The van der Waals surface area contributed by atoms with Crippen molar-refractivity contribution in [2.75, 3.05) is 0 Å². The molecule has 0 spiro atoms. The summed E-state index contributed by atoms with van der Waals surface area (Å²) in [5.41, 5.74) is 4.42. The van der Waals surface area contributed by atoms with Crippen LogP contribution in [0.1, 0.15) is 44.1 Å². The number of aromatic nitrogens is 1. The van der Waals surface area contributed by atoms with Crippen molar-refractivity contribution in [3.8, 4) is 0 Å². The van der Waals surface area contributed by atoms with E-state index in [1.165, 1.54) is 38.5 Å². The Morgan fingerprint density at radius 1 is 1.04 bits per heavy atom. The quantitative estimate of drug-likeness (QED) is 0.761. The first-order chi connectivity index (χ1) is 13.7. The van der Waals surface area contributed by atoms with Crippen molar-refractivity contribution in [2.45, 2.75) is 44.6 Å². The molecule has 144 valence electrons. The molecular formula is C22H24N4OS. The van der Waals surface area contributed by atoms with Crippen molar-refractivity contribution in [2.24, 2.45) is 28.7 Å². The Kier molecular flexibility index (Phi) is 3.83. The third-order valence-corrected chi connectivity index (χ3v) is 7.87. The molecule has 5 fully saturated rings. The lowest BCUT2D eigenvalue weighted by atomic mass is 9.67. The van der Waals surface area contributed by atoms with E-state index in [-0.39, 0.29) is 5.91 Å². The molecule has 0 radical (unpaired) electrons. The van der Waals surface area contributed by atoms with Crippen LogP contribution in [-0.2, 0) is 4.79 Å². The third-order valence-electron chi connectivity index (χ3n) is 7.08. The van der Waals surface area contributed by atoms with Crippen molar-refractivity contribution >= 4 is 39.5 Å². The molecule has 1 aromatic carbocycles. The average Bonchev–Trinajstić information content (AvgIpc) is 3.21. The fourth-order valence-corrected chi connectivity index (χ4v) is 6.82. The lowest BCUT2D eigenvalue weighted by Crippen LogP contribution is -2.31. The van der Waals surface area contributed by atoms with Gasteiger partial charge >= 0.3 is 0 Å². The second-order valence-corrected chi connectivity index (χ2v) is 9.92. The van der Waals surface area contributed by atoms with Gasteiger partial charge in [-0.25, -0.2) is 9.98 Å². The molecule has 5 aliphatic rings. The summed E-state index contributed by atoms with van der Waals surface area (Å²) in [5, 5.41) is 6.19. The number of thiazole rings is 1. The SMILES string of the molecule is O=C1NC(=NC2CC3CC4CC(C3)CC2C4)N/C1=C\c1ccc2ncsc2c1. The van der Waals surface area contributed by atoms with Gasteiger partial charge in [-0.05, 0) is 86.0 Å². The summed E-state index contributed by atoms with van der Waals surface area (Å²) in [6.45, 7) is 0. The Balaban J connectivity index is 1.24. The van der Waals surface area contributed by atoms with Crippen molar-refractivity contribution in [1.82, 2.24) is 15.6 Å². The number of aliphatic imine (C=N–C) groups is 1. The lowest BCUT2D eigenvalue weighted by molar-refractivity contribution is -0.115. The number of carbonyl (C=O) groups excluding carboxylic acids is 1. The highest BCUT2D eigenvalue weighted by Crippen LogP contribution is 2.51. The van der Waals surface area contributed by atoms with E-state index < -0.39 is 0 Å². The van der Waals surface area contributed by atoms with Gasteiger partial charge in [-0.2, -0.15) is 0 Å². The summed E-state index contributed by atoms with van der Waals surface area (Å²) < 4.78 is 1.13. The predicted octanol–water partition coefficient (Wildman–Crippen LogP) is 3.93. The predicted molar refractivity (Wildman–Crippen MR) is 112 cm³/mol. The number of nitrogens with zero attached hydrogens (tertiary/aromatic N) is 2. The average molecular weight is 393 g/mol. The highest BCUT2D eigenvalue weighted by molar-refractivity contribution is 7.16. The van der Waals surface area contributed by atoms with Crippen LogP contribution in [0.15, 0.2) is 34.4 Å². The van der Waals surface area contributed by atoms with Crippen LogP contribution in [0.3, 0.4) is 0 Å². The zero-order chi connectivity index (χ0) is 18.7. The lowest BCUT2D eigenvalue weighted by Gasteiger charge is -2.38. The maximum atomic E-state index is 12.5. The van der Waals surface area contributed by atoms with Gasteiger partial charge in [-0.1, -0.05) is 6.07 Å². The molecule has 1 aromatic heterocycles. The second-order valence-electron chi connectivity index (χ2n) is 9.03. The van der Waals surface area contributed by atoms with E-state index in [4.69, 9.17) is 4.99 Å². The van der Waals surface area contributed by atoms with Crippen LogP contribution in [0.2, 0.25) is 0 Å². The van der Waals surface area contributed by atoms with Crippen LogP contribution in [0.5, 0.6) is 0 Å². The normalized spacial score (nSPS) is 36.9. The van der Waals surface area contributed by atoms with Crippen molar-refractivity contribution in [3.63, 3.8) is 0 Å². The Morgan fingerprint density at radius 2 is 1.82 bits per heavy atom. The minimum absolute atomic E-state index is 0.0948. The van der Waals surface area contributed by atoms with Crippen molar-refractivity contribution in [1.29, 1.82) is 0 Å². The first-order valence-electron chi connectivity index (χ1n) is 10.4. The number of nitrogens with one attached hydrogen (secondary N) is 2. The van der Waals surface area contributed by atoms with E-state index >= 15 is 0 Å². The number of amides is 1. The van der Waals surface area contributed by atoms with Crippen LogP contribution >= 0.6 is 11.3 Å². The molecule has 4 aliphatic carbocycles. The molecule has 5 nitrogen and oxygen atoms in total. The number of benzene rings is 1. The van der Waals surface area contributed by atoms with Crippen LogP contribution in [0, 0.1) is 23.7 Å². The van der Waals surface area contributed by atoms with Gasteiger partial charge in [-0.15, -0.1) is 11.3 Å². The molecule has 2 heterocycles. The van der Waals surface area contributed by atoms with Crippen LogP contribution in [-0.4, -0.2) is 22.9 Å². The number of hydrogen-bond acceptors (Lipinski definition) is 4. The molecule has 1 aliphatic heterocycles. The molecule has 6 heteroatoms. The maximum absolute atomic E-state index is 12.5. The zero-order valence-corrected chi connectivity index (χ0v) is 16.5. The van der Waals surface area contributed by atoms with E-state index in [1.54, 1.807) is 11.3 Å². The van der Waals surface area contributed by atoms with Gasteiger partial charge in [0.1, 0.15) is 5.70 Å². The minimum atomic E-state index is -0.0948. The van der Waals surface area contributed by atoms with Gasteiger partial charge in [0.15, 0.2) is 0 Å². The molecule has 2 aromatic rings. The minimum Gasteiger partial charge on any atom is -0.321 e. The Bertz CT molecular complexity index is 995. The molecule has 3 atom stereocenters. The van der Waals surface area contributed by atoms with Crippen LogP contribution in [0.25, 0.3) is 16.3 Å². The van der Waals surface area contributed by atoms with E-state index in [9.17, 15) is 4.79 Å². The standard InChI is InChI=1S/C22H24N4OS/c27-21-19(8-12-1-2-17-20(10-12)28-11-23-17)25-22(26-21)24-18-9-15-4-13-3-14(5-15)7-16(18)6-13/h1-2,8,10-11,13-16,18H,3-7,9H2,(H2,24,25,26,27)/b19-8-. The highest BCUT2D eigenvalue weighted by Gasteiger charge is 2.44. The fraction of sp³-hybridized carbons (Fsp3) is 0.500. The first kappa shape index (κ1) is 16.7. The fourth-order valence-electron chi connectivity index (χ4n) is 6.09. The Labute approximate surface area is 168 Å². The number of guanidine groups is 1. The van der Waals surface area contributed by atoms with E-state index in [0.717, 1.165) is 33.5 Å². The summed E-state index contributed by atoms with van der Waals surface area (Å²) in [7, 11) is 0. The molecule has 1 amide bonds.